The Morgan fingerprint density at radius 3 is 2.64 bits per heavy atom. The highest BCUT2D eigenvalue weighted by Crippen LogP contribution is 2.42. The van der Waals surface area contributed by atoms with E-state index in [2.05, 4.69) is 31.0 Å². The van der Waals surface area contributed by atoms with Crippen LogP contribution < -0.4 is 19.9 Å². The molecule has 0 amide bonds. The number of Topliss-reactive ketones (excluding diaryl/α,β-unsaturated/α-hetero) is 1. The maximum Gasteiger partial charge on any atom is 0.401 e. The number of nitrogens with zero attached hydrogens (tertiary/aromatic N) is 4. The van der Waals surface area contributed by atoms with Crippen molar-refractivity contribution in [2.75, 3.05) is 25.6 Å². The molecule has 0 bridgehead atoms. The Kier molecular flexibility index (Phi) is 6.25. The zero-order chi connectivity index (χ0) is 23.8. The molecule has 3 aromatic rings. The van der Waals surface area contributed by atoms with E-state index in [4.69, 9.17) is 20.3 Å². The lowest BCUT2D eigenvalue weighted by atomic mass is 9.85. The van der Waals surface area contributed by atoms with Crippen LogP contribution in [0.3, 0.4) is 0 Å². The number of anilines is 1. The third-order valence-corrected chi connectivity index (χ3v) is 5.69. The van der Waals surface area contributed by atoms with Crippen molar-refractivity contribution in [3.63, 3.8) is 0 Å². The maximum atomic E-state index is 13.3. The monoisotopic (exact) mass is 454 g/mol. The summed E-state index contributed by atoms with van der Waals surface area (Å²) in [6, 6.07) is 7.40. The molecule has 1 fully saturated rings. The number of ether oxygens (including phenoxy) is 2. The number of nitrogen functional groups attached to an aromatic ring is 1. The predicted molar refractivity (Wildman–Crippen MR) is 123 cm³/mol. The number of aliphatic hydroxyl groups is 1. The Balaban J connectivity index is 1.69. The van der Waals surface area contributed by atoms with Crippen LogP contribution in [-0.4, -0.2) is 45.4 Å². The number of aromatic nitrogens is 4. The second-order valence-corrected chi connectivity index (χ2v) is 9.39. The number of benzene rings is 1. The van der Waals surface area contributed by atoms with E-state index in [-0.39, 0.29) is 36.9 Å². The third kappa shape index (κ3) is 4.93. The smallest absolute Gasteiger partial charge is 0.401 e. The largest absolute Gasteiger partial charge is 0.491 e. The lowest BCUT2D eigenvalue weighted by Gasteiger charge is -2.21. The van der Waals surface area contributed by atoms with E-state index in [1.807, 2.05) is 25.1 Å². The molecular formula is C24H32N5O4+. The molecule has 1 aliphatic rings. The number of nitrogens with two attached hydrogens (primary N) is 1. The topological polar surface area (TPSA) is 116 Å². The highest BCUT2D eigenvalue weighted by molar-refractivity contribution is 5.95. The Morgan fingerprint density at radius 2 is 2.00 bits per heavy atom. The van der Waals surface area contributed by atoms with Crippen molar-refractivity contribution >= 4 is 17.4 Å². The third-order valence-electron chi connectivity index (χ3n) is 5.69. The van der Waals surface area contributed by atoms with Gasteiger partial charge in [-0.3, -0.25) is 10.5 Å². The fraction of sp³-hybridized carbons (Fsp3) is 0.500. The molecule has 2 aromatic heterocycles. The molecule has 1 saturated carbocycles. The van der Waals surface area contributed by atoms with E-state index < -0.39 is 0 Å². The molecular weight excluding hydrogens is 422 g/mol. The van der Waals surface area contributed by atoms with Crippen molar-refractivity contribution in [3.05, 3.63) is 41.0 Å². The van der Waals surface area contributed by atoms with Gasteiger partial charge in [-0.25, -0.2) is 0 Å². The maximum absolute atomic E-state index is 13.3. The Hall–Kier alpha value is -3.20. The first-order chi connectivity index (χ1) is 15.7. The second kappa shape index (κ2) is 8.97. The van der Waals surface area contributed by atoms with Crippen LogP contribution >= 0.6 is 0 Å². The fourth-order valence-corrected chi connectivity index (χ4v) is 3.73. The standard InChI is InChI=1S/C24H31N5O4/c1-5-32-21-13-19(15-6-7-15)22-27-28(23(25)29(22)26-21)14-20(31)16-10-17(24(2,3)4)12-18(11-16)33-9-8-30/h10-13,15,25,30H,5-9,14H2,1-4H3/p+1. The number of ketones is 1. The molecule has 3 N–H and O–H groups in total. The Labute approximate surface area is 193 Å². The normalized spacial score (nSPS) is 14.0. The van der Waals surface area contributed by atoms with Gasteiger partial charge in [0.2, 0.25) is 5.88 Å². The minimum atomic E-state index is -0.179. The first-order valence-electron chi connectivity index (χ1n) is 11.4. The number of carbonyl (C=O) groups is 1. The van der Waals surface area contributed by atoms with Crippen molar-refractivity contribution in [3.8, 4) is 11.6 Å². The molecule has 0 unspecified atom stereocenters. The number of aliphatic hydroxyl groups excluding tert-OH is 1. The van der Waals surface area contributed by atoms with Crippen molar-refractivity contribution in [1.82, 2.24) is 14.7 Å². The predicted octanol–water partition coefficient (Wildman–Crippen LogP) is 2.43. The molecule has 0 spiro atoms. The number of hydrogen-bond acceptors (Lipinski definition) is 7. The Morgan fingerprint density at radius 1 is 1.24 bits per heavy atom. The van der Waals surface area contributed by atoms with E-state index in [1.54, 1.807) is 10.6 Å². The molecule has 1 aliphatic carbocycles. The van der Waals surface area contributed by atoms with Gasteiger partial charge in [-0.15, -0.1) is 4.68 Å². The Bertz CT molecular complexity index is 1180. The molecule has 0 atom stereocenters. The molecule has 0 aliphatic heterocycles. The molecule has 33 heavy (non-hydrogen) atoms. The van der Waals surface area contributed by atoms with Gasteiger partial charge in [0.1, 0.15) is 12.4 Å². The van der Waals surface area contributed by atoms with Gasteiger partial charge in [-0.1, -0.05) is 35.5 Å². The molecule has 1 aromatic carbocycles. The quantitative estimate of drug-likeness (QED) is 0.377. The zero-order valence-corrected chi connectivity index (χ0v) is 19.7. The van der Waals surface area contributed by atoms with Gasteiger partial charge in [0.15, 0.2) is 12.3 Å². The van der Waals surface area contributed by atoms with Crippen LogP contribution in [0, 0.1) is 0 Å². The van der Waals surface area contributed by atoms with Gasteiger partial charge >= 0.3 is 5.95 Å². The average molecular weight is 455 g/mol. The summed E-state index contributed by atoms with van der Waals surface area (Å²) < 4.78 is 14.3. The number of rotatable bonds is 9. The van der Waals surface area contributed by atoms with Gasteiger partial charge in [0, 0.05) is 17.2 Å². The summed E-state index contributed by atoms with van der Waals surface area (Å²) in [5.74, 6) is 1.58. The lowest BCUT2D eigenvalue weighted by molar-refractivity contribution is -0.723. The van der Waals surface area contributed by atoms with Crippen LogP contribution in [0.25, 0.3) is 5.65 Å². The van der Waals surface area contributed by atoms with E-state index in [0.717, 1.165) is 24.0 Å². The van der Waals surface area contributed by atoms with Crippen molar-refractivity contribution in [1.29, 1.82) is 0 Å². The van der Waals surface area contributed by atoms with Crippen LogP contribution in [0.2, 0.25) is 0 Å². The van der Waals surface area contributed by atoms with Gasteiger partial charge in [-0.05, 0) is 54.9 Å². The minimum absolute atomic E-state index is 0.0314. The van der Waals surface area contributed by atoms with E-state index in [9.17, 15) is 4.79 Å². The summed E-state index contributed by atoms with van der Waals surface area (Å²) in [6.07, 6.45) is 2.18. The number of fused-ring (bicyclic) bond motifs is 1. The summed E-state index contributed by atoms with van der Waals surface area (Å²) in [6.45, 7) is 8.65. The van der Waals surface area contributed by atoms with Crippen LogP contribution in [0.1, 0.15) is 67.9 Å². The van der Waals surface area contributed by atoms with Crippen molar-refractivity contribution in [2.45, 2.75) is 58.4 Å². The molecule has 4 rings (SSSR count). The first kappa shape index (κ1) is 23.0. The molecule has 176 valence electrons. The lowest BCUT2D eigenvalue weighted by Crippen LogP contribution is -2.42. The van der Waals surface area contributed by atoms with E-state index >= 15 is 0 Å². The highest BCUT2D eigenvalue weighted by Gasteiger charge is 2.32. The highest BCUT2D eigenvalue weighted by atomic mass is 16.5. The second-order valence-electron chi connectivity index (χ2n) is 9.39. The first-order valence-corrected chi connectivity index (χ1v) is 11.4. The van der Waals surface area contributed by atoms with E-state index in [0.29, 0.717) is 35.4 Å². The summed E-state index contributed by atoms with van der Waals surface area (Å²) in [4.78, 5) is 13.3. The summed E-state index contributed by atoms with van der Waals surface area (Å²) in [7, 11) is 0. The van der Waals surface area contributed by atoms with Gasteiger partial charge < -0.3 is 14.6 Å². The SMILES string of the molecule is CCOc1cc(C2CC2)c2n[n+](CC(=O)c3cc(OCCO)cc(C(C)(C)C)c3)c(N)n2n1. The molecule has 2 heterocycles. The summed E-state index contributed by atoms with van der Waals surface area (Å²) in [5.41, 5.74) is 9.34. The van der Waals surface area contributed by atoms with Gasteiger partial charge in [0.25, 0.3) is 5.65 Å². The van der Waals surface area contributed by atoms with Gasteiger partial charge in [-0.2, -0.15) is 0 Å². The zero-order valence-electron chi connectivity index (χ0n) is 19.7. The van der Waals surface area contributed by atoms with Crippen molar-refractivity contribution in [2.24, 2.45) is 0 Å². The summed E-state index contributed by atoms with van der Waals surface area (Å²) >= 11 is 0. The van der Waals surface area contributed by atoms with E-state index in [1.165, 1.54) is 4.68 Å². The van der Waals surface area contributed by atoms with Crippen LogP contribution in [0.4, 0.5) is 5.95 Å². The van der Waals surface area contributed by atoms with Crippen LogP contribution in [0.5, 0.6) is 11.6 Å². The van der Waals surface area contributed by atoms with Gasteiger partial charge in [0.05, 0.1) is 13.2 Å². The molecule has 0 saturated heterocycles. The average Bonchev–Trinajstić information content (AvgIpc) is 3.57. The number of hydrogen-bond donors (Lipinski definition) is 2. The molecule has 9 nitrogen and oxygen atoms in total. The number of carbonyl (C=O) groups excluding carboxylic acids is 1. The molecule has 0 radical (unpaired) electrons. The van der Waals surface area contributed by atoms with Crippen LogP contribution in [-0.2, 0) is 12.0 Å². The van der Waals surface area contributed by atoms with Crippen molar-refractivity contribution < 1.29 is 24.1 Å². The molecule has 9 heteroatoms. The minimum Gasteiger partial charge on any atom is -0.491 e. The summed E-state index contributed by atoms with van der Waals surface area (Å²) in [5, 5.41) is 18.2. The fourth-order valence-electron chi connectivity index (χ4n) is 3.73. The van der Waals surface area contributed by atoms with Crippen LogP contribution in [0.15, 0.2) is 24.3 Å².